The monoisotopic (exact) mass is 386 g/mol. The summed E-state index contributed by atoms with van der Waals surface area (Å²) in [6.07, 6.45) is 10.9. The third-order valence-electron chi connectivity index (χ3n) is 5.54. The van der Waals surface area contributed by atoms with E-state index in [-0.39, 0.29) is 6.54 Å². The molecule has 3 atom stereocenters. The second-order valence-corrected chi connectivity index (χ2v) is 7.22. The Bertz CT molecular complexity index is 466. The highest BCUT2D eigenvalue weighted by Gasteiger charge is 2.52. The SMILES string of the molecule is CCCCC/C=C/CCCC[N+](C(C)C(=O)O)(C(C)C(=O)O)C(C)C(=O)O. The molecule has 0 bridgehead atoms. The van der Waals surface area contributed by atoms with Crippen molar-refractivity contribution in [1.82, 2.24) is 0 Å². The van der Waals surface area contributed by atoms with Crippen molar-refractivity contribution in [3.63, 3.8) is 0 Å². The number of quaternary nitrogens is 1. The number of hydrogen-bond donors (Lipinski definition) is 3. The van der Waals surface area contributed by atoms with Gasteiger partial charge in [-0.2, -0.15) is 0 Å². The number of carboxylic acids is 3. The van der Waals surface area contributed by atoms with Gasteiger partial charge >= 0.3 is 17.9 Å². The molecule has 156 valence electrons. The minimum atomic E-state index is -1.19. The lowest BCUT2D eigenvalue weighted by atomic mass is 10.0. The summed E-state index contributed by atoms with van der Waals surface area (Å²) in [5, 5.41) is 28.5. The number of nitrogens with zero attached hydrogens (tertiary/aromatic N) is 1. The lowest BCUT2D eigenvalue weighted by molar-refractivity contribution is -0.968. The third-order valence-corrected chi connectivity index (χ3v) is 5.54. The van der Waals surface area contributed by atoms with Gasteiger partial charge < -0.3 is 15.3 Å². The van der Waals surface area contributed by atoms with E-state index < -0.39 is 40.5 Å². The highest BCUT2D eigenvalue weighted by molar-refractivity contribution is 5.77. The summed E-state index contributed by atoms with van der Waals surface area (Å²) in [6, 6.07) is -3.40. The molecule has 0 heterocycles. The van der Waals surface area contributed by atoms with E-state index in [1.807, 2.05) is 0 Å². The number of hydrogen-bond acceptors (Lipinski definition) is 3. The highest BCUT2D eigenvalue weighted by atomic mass is 16.4. The van der Waals surface area contributed by atoms with Crippen LogP contribution in [0.5, 0.6) is 0 Å². The standard InChI is InChI=1S/C20H35NO6/c1-5-6-7-8-9-10-11-12-13-14-21(15(2)18(22)23,16(3)19(24)25)17(4)20(26)27/h9-10,15-17H,5-8,11-14H2,1-4H3,(H2-,22,23,24,25,26,27)/p+1/b10-9+. The fourth-order valence-corrected chi connectivity index (χ4v) is 3.60. The first kappa shape index (κ1) is 25.1. The molecule has 0 saturated heterocycles. The Balaban J connectivity index is 5.17. The molecule has 0 rings (SSSR count). The maximum atomic E-state index is 11.6. The molecule has 0 saturated carbocycles. The smallest absolute Gasteiger partial charge is 0.362 e. The topological polar surface area (TPSA) is 112 Å². The molecular formula is C20H36NO6+. The van der Waals surface area contributed by atoms with Crippen LogP contribution in [0.15, 0.2) is 12.2 Å². The van der Waals surface area contributed by atoms with Crippen LogP contribution in [0.25, 0.3) is 0 Å². The molecule has 0 aromatic carbocycles. The fourth-order valence-electron chi connectivity index (χ4n) is 3.60. The van der Waals surface area contributed by atoms with E-state index in [2.05, 4.69) is 19.1 Å². The van der Waals surface area contributed by atoms with E-state index in [0.29, 0.717) is 6.42 Å². The van der Waals surface area contributed by atoms with Crippen molar-refractivity contribution in [3.8, 4) is 0 Å². The van der Waals surface area contributed by atoms with E-state index in [1.165, 1.54) is 33.6 Å². The number of allylic oxidation sites excluding steroid dienone is 2. The zero-order valence-corrected chi connectivity index (χ0v) is 17.1. The van der Waals surface area contributed by atoms with Gasteiger partial charge in [-0.1, -0.05) is 31.9 Å². The van der Waals surface area contributed by atoms with Crippen molar-refractivity contribution >= 4 is 17.9 Å². The minimum absolute atomic E-state index is 0.193. The van der Waals surface area contributed by atoms with Crippen molar-refractivity contribution in [2.75, 3.05) is 6.54 Å². The largest absolute Gasteiger partial charge is 0.477 e. The predicted molar refractivity (Wildman–Crippen MR) is 104 cm³/mol. The van der Waals surface area contributed by atoms with Gasteiger partial charge in [0.25, 0.3) is 0 Å². The number of rotatable bonds is 15. The van der Waals surface area contributed by atoms with Gasteiger partial charge in [0.1, 0.15) is 0 Å². The van der Waals surface area contributed by atoms with Crippen molar-refractivity contribution in [2.45, 2.75) is 90.8 Å². The van der Waals surface area contributed by atoms with Gasteiger partial charge in [-0.05, 0) is 52.9 Å². The molecule has 3 N–H and O–H groups in total. The van der Waals surface area contributed by atoms with Gasteiger partial charge in [0.2, 0.25) is 0 Å². The molecule has 0 amide bonds. The molecule has 0 aliphatic rings. The summed E-state index contributed by atoms with van der Waals surface area (Å²) >= 11 is 0. The number of carbonyl (C=O) groups is 3. The van der Waals surface area contributed by atoms with Gasteiger partial charge in [0.15, 0.2) is 18.1 Å². The molecule has 7 nitrogen and oxygen atoms in total. The van der Waals surface area contributed by atoms with Crippen LogP contribution in [-0.2, 0) is 14.4 Å². The van der Waals surface area contributed by atoms with Crippen LogP contribution < -0.4 is 0 Å². The first-order valence-corrected chi connectivity index (χ1v) is 9.83. The van der Waals surface area contributed by atoms with Crippen molar-refractivity contribution in [3.05, 3.63) is 12.2 Å². The van der Waals surface area contributed by atoms with Gasteiger partial charge in [0.05, 0.1) is 6.54 Å². The lowest BCUT2D eigenvalue weighted by Crippen LogP contribution is -2.70. The third kappa shape index (κ3) is 7.33. The van der Waals surface area contributed by atoms with Crippen molar-refractivity contribution < 1.29 is 34.2 Å². The molecule has 7 heteroatoms. The maximum absolute atomic E-state index is 11.6. The second kappa shape index (κ2) is 12.5. The normalized spacial score (nSPS) is 17.2. The predicted octanol–water partition coefficient (Wildman–Crippen LogP) is 3.53. The molecule has 0 aromatic rings. The minimum Gasteiger partial charge on any atom is -0.477 e. The van der Waals surface area contributed by atoms with Crippen LogP contribution in [0.3, 0.4) is 0 Å². The Morgan fingerprint density at radius 3 is 1.44 bits per heavy atom. The molecular weight excluding hydrogens is 350 g/mol. The second-order valence-electron chi connectivity index (χ2n) is 7.22. The summed E-state index contributed by atoms with van der Waals surface area (Å²) in [7, 11) is 0. The molecule has 0 fully saturated rings. The van der Waals surface area contributed by atoms with Gasteiger partial charge in [-0.3, -0.25) is 4.48 Å². The number of carboxylic acid groups (broad SMARTS) is 3. The molecule has 0 aromatic heterocycles. The Labute approximate surface area is 162 Å². The molecule has 0 aliphatic carbocycles. The van der Waals surface area contributed by atoms with E-state index >= 15 is 0 Å². The van der Waals surface area contributed by atoms with E-state index in [9.17, 15) is 29.7 Å². The van der Waals surface area contributed by atoms with Crippen LogP contribution >= 0.6 is 0 Å². The fraction of sp³-hybridized carbons (Fsp3) is 0.750. The molecule has 3 unspecified atom stereocenters. The van der Waals surface area contributed by atoms with Crippen LogP contribution in [0.4, 0.5) is 0 Å². The Kier molecular flexibility index (Phi) is 11.6. The highest BCUT2D eigenvalue weighted by Crippen LogP contribution is 2.27. The Morgan fingerprint density at radius 2 is 1.11 bits per heavy atom. The van der Waals surface area contributed by atoms with E-state index in [4.69, 9.17) is 0 Å². The summed E-state index contributed by atoms with van der Waals surface area (Å²) in [5.74, 6) is -3.56. The van der Waals surface area contributed by atoms with Gasteiger partial charge in [0, 0.05) is 0 Å². The zero-order valence-electron chi connectivity index (χ0n) is 17.1. The summed E-state index contributed by atoms with van der Waals surface area (Å²) in [4.78, 5) is 34.9. The van der Waals surface area contributed by atoms with Crippen LogP contribution in [0, 0.1) is 0 Å². The van der Waals surface area contributed by atoms with Crippen LogP contribution in [0.1, 0.15) is 72.6 Å². The molecule has 0 radical (unpaired) electrons. The molecule has 27 heavy (non-hydrogen) atoms. The molecule has 0 spiro atoms. The van der Waals surface area contributed by atoms with Crippen molar-refractivity contribution in [1.29, 1.82) is 0 Å². The van der Waals surface area contributed by atoms with Gasteiger partial charge in [-0.15, -0.1) is 0 Å². The van der Waals surface area contributed by atoms with E-state index in [0.717, 1.165) is 25.7 Å². The Morgan fingerprint density at radius 1 is 0.741 bits per heavy atom. The average Bonchev–Trinajstić information content (AvgIpc) is 2.61. The summed E-state index contributed by atoms with van der Waals surface area (Å²) < 4.78 is -0.500. The lowest BCUT2D eigenvalue weighted by Gasteiger charge is -2.47. The van der Waals surface area contributed by atoms with Crippen molar-refractivity contribution in [2.24, 2.45) is 0 Å². The maximum Gasteiger partial charge on any atom is 0.362 e. The number of unbranched alkanes of at least 4 members (excludes halogenated alkanes) is 5. The zero-order chi connectivity index (χ0) is 21.0. The summed E-state index contributed by atoms with van der Waals surface area (Å²) in [6.45, 7) is 6.54. The van der Waals surface area contributed by atoms with Crippen LogP contribution in [-0.4, -0.2) is 62.4 Å². The van der Waals surface area contributed by atoms with E-state index in [1.54, 1.807) is 0 Å². The van der Waals surface area contributed by atoms with Gasteiger partial charge in [-0.25, -0.2) is 14.4 Å². The summed E-state index contributed by atoms with van der Waals surface area (Å²) in [5.41, 5.74) is 0. The number of aliphatic carboxylic acids is 3. The first-order valence-electron chi connectivity index (χ1n) is 9.83. The Hall–Kier alpha value is -1.89. The average molecular weight is 387 g/mol. The quantitative estimate of drug-likeness (QED) is 0.225. The van der Waals surface area contributed by atoms with Crippen LogP contribution in [0.2, 0.25) is 0 Å². The first-order chi connectivity index (χ1) is 12.6. The molecule has 0 aliphatic heterocycles.